The van der Waals surface area contributed by atoms with Gasteiger partial charge in [-0.05, 0) is 22.6 Å². The van der Waals surface area contributed by atoms with Crippen LogP contribution in [0.15, 0.2) is 58.2 Å². The van der Waals surface area contributed by atoms with Crippen molar-refractivity contribution in [1.29, 1.82) is 0 Å². The van der Waals surface area contributed by atoms with Crippen LogP contribution in [0.25, 0.3) is 11.5 Å². The smallest absolute Gasteiger partial charge is 0.277 e. The van der Waals surface area contributed by atoms with E-state index in [1.54, 1.807) is 12.1 Å². The van der Waals surface area contributed by atoms with Gasteiger partial charge in [-0.2, -0.15) is 0 Å². The Labute approximate surface area is 155 Å². The molecular formula is C19H19N3O3S. The van der Waals surface area contributed by atoms with Gasteiger partial charge >= 0.3 is 0 Å². The number of thioether (sulfide) groups is 1. The lowest BCUT2D eigenvalue weighted by Crippen LogP contribution is -2.10. The number of rotatable bonds is 5. The van der Waals surface area contributed by atoms with Crippen molar-refractivity contribution in [3.63, 3.8) is 0 Å². The highest BCUT2D eigenvalue weighted by Gasteiger charge is 2.14. The summed E-state index contributed by atoms with van der Waals surface area (Å²) in [5.74, 6) is 0.986. The first kappa shape index (κ1) is 18.1. The van der Waals surface area contributed by atoms with Gasteiger partial charge in [0.15, 0.2) is 0 Å². The molecule has 0 N–H and O–H groups in total. The minimum atomic E-state index is -0.448. The Morgan fingerprint density at radius 3 is 2.50 bits per heavy atom. The van der Waals surface area contributed by atoms with Crippen molar-refractivity contribution in [2.45, 2.75) is 37.2 Å². The SMILES string of the molecule is CC(C)(C)c1ccc(CSc2nnc(-c3cccc([N+](=O)[O-])c3)o2)cc1. The third-order valence-electron chi connectivity index (χ3n) is 3.89. The second kappa shape index (κ2) is 7.29. The van der Waals surface area contributed by atoms with Gasteiger partial charge in [-0.3, -0.25) is 10.1 Å². The van der Waals surface area contributed by atoms with E-state index in [2.05, 4.69) is 55.2 Å². The highest BCUT2D eigenvalue weighted by molar-refractivity contribution is 7.98. The molecule has 0 atom stereocenters. The predicted octanol–water partition coefficient (Wildman–Crippen LogP) is 5.23. The first-order valence-electron chi connectivity index (χ1n) is 8.13. The van der Waals surface area contributed by atoms with E-state index >= 15 is 0 Å². The molecule has 6 nitrogen and oxygen atoms in total. The van der Waals surface area contributed by atoms with Gasteiger partial charge in [-0.25, -0.2) is 0 Å². The van der Waals surface area contributed by atoms with Crippen LogP contribution in [0, 0.1) is 10.1 Å². The van der Waals surface area contributed by atoms with E-state index in [-0.39, 0.29) is 17.0 Å². The summed E-state index contributed by atoms with van der Waals surface area (Å²) in [5.41, 5.74) is 3.11. The normalized spacial score (nSPS) is 11.5. The first-order valence-corrected chi connectivity index (χ1v) is 9.12. The molecule has 0 unspecified atom stereocenters. The Morgan fingerprint density at radius 1 is 1.12 bits per heavy atom. The number of non-ortho nitro benzene ring substituents is 1. The zero-order valence-corrected chi connectivity index (χ0v) is 15.6. The summed E-state index contributed by atoms with van der Waals surface area (Å²) in [6.45, 7) is 6.56. The summed E-state index contributed by atoms with van der Waals surface area (Å²) in [6.07, 6.45) is 0. The maximum atomic E-state index is 10.9. The molecular weight excluding hydrogens is 350 g/mol. The molecule has 1 aromatic heterocycles. The van der Waals surface area contributed by atoms with Crippen molar-refractivity contribution in [3.8, 4) is 11.5 Å². The Bertz CT molecular complexity index is 914. The highest BCUT2D eigenvalue weighted by Crippen LogP contribution is 2.28. The molecule has 0 aliphatic heterocycles. The van der Waals surface area contributed by atoms with Gasteiger partial charge in [0, 0.05) is 23.4 Å². The topological polar surface area (TPSA) is 82.1 Å². The van der Waals surface area contributed by atoms with Crippen LogP contribution < -0.4 is 0 Å². The second-order valence-corrected chi connectivity index (χ2v) is 7.84. The molecule has 0 aliphatic carbocycles. The number of nitro benzene ring substituents is 1. The molecule has 0 radical (unpaired) electrons. The fourth-order valence-corrected chi connectivity index (χ4v) is 3.10. The fraction of sp³-hybridized carbons (Fsp3) is 0.263. The van der Waals surface area contributed by atoms with E-state index in [1.807, 2.05) is 0 Å². The molecule has 0 saturated carbocycles. The maximum Gasteiger partial charge on any atom is 0.277 e. The standard InChI is InChI=1S/C19H19N3O3S/c1-19(2,3)15-9-7-13(8-10-15)12-26-18-21-20-17(25-18)14-5-4-6-16(11-14)22(23)24/h4-11H,12H2,1-3H3. The first-order chi connectivity index (χ1) is 12.3. The van der Waals surface area contributed by atoms with Gasteiger partial charge < -0.3 is 4.42 Å². The number of nitrogens with zero attached hydrogens (tertiary/aromatic N) is 3. The van der Waals surface area contributed by atoms with E-state index in [9.17, 15) is 10.1 Å². The summed E-state index contributed by atoms with van der Waals surface area (Å²) >= 11 is 1.44. The zero-order chi connectivity index (χ0) is 18.7. The molecule has 1 heterocycles. The van der Waals surface area contributed by atoms with Crippen LogP contribution in [-0.2, 0) is 11.2 Å². The maximum absolute atomic E-state index is 10.9. The fourth-order valence-electron chi connectivity index (χ4n) is 2.38. The molecule has 0 fully saturated rings. The minimum absolute atomic E-state index is 0.00570. The van der Waals surface area contributed by atoms with E-state index in [0.717, 1.165) is 5.56 Å². The zero-order valence-electron chi connectivity index (χ0n) is 14.8. The summed E-state index contributed by atoms with van der Waals surface area (Å²) in [7, 11) is 0. The van der Waals surface area contributed by atoms with Crippen molar-refractivity contribution in [2.75, 3.05) is 0 Å². The molecule has 26 heavy (non-hydrogen) atoms. The Balaban J connectivity index is 1.67. The quantitative estimate of drug-likeness (QED) is 0.348. The molecule has 0 bridgehead atoms. The average molecular weight is 369 g/mol. The van der Waals surface area contributed by atoms with Gasteiger partial charge in [-0.1, -0.05) is 62.9 Å². The Morgan fingerprint density at radius 2 is 1.85 bits per heavy atom. The molecule has 0 aliphatic rings. The second-order valence-electron chi connectivity index (χ2n) is 6.92. The monoisotopic (exact) mass is 369 g/mol. The van der Waals surface area contributed by atoms with Gasteiger partial charge in [0.1, 0.15) is 0 Å². The van der Waals surface area contributed by atoms with E-state index in [1.165, 1.54) is 29.5 Å². The molecule has 3 rings (SSSR count). The van der Waals surface area contributed by atoms with Gasteiger partial charge in [-0.15, -0.1) is 10.2 Å². The molecule has 0 spiro atoms. The van der Waals surface area contributed by atoms with Crippen LogP contribution in [0.3, 0.4) is 0 Å². The highest BCUT2D eigenvalue weighted by atomic mass is 32.2. The molecule has 7 heteroatoms. The van der Waals surface area contributed by atoms with Crippen LogP contribution in [0.5, 0.6) is 0 Å². The van der Waals surface area contributed by atoms with E-state index < -0.39 is 4.92 Å². The van der Waals surface area contributed by atoms with Crippen molar-refractivity contribution in [1.82, 2.24) is 10.2 Å². The van der Waals surface area contributed by atoms with Gasteiger partial charge in [0.05, 0.1) is 4.92 Å². The number of aromatic nitrogens is 2. The molecule has 0 saturated heterocycles. The minimum Gasteiger partial charge on any atom is -0.411 e. The summed E-state index contributed by atoms with van der Waals surface area (Å²) in [4.78, 5) is 10.4. The summed E-state index contributed by atoms with van der Waals surface area (Å²) in [5, 5.41) is 19.3. The third kappa shape index (κ3) is 4.29. The van der Waals surface area contributed by atoms with Crippen molar-refractivity contribution in [3.05, 3.63) is 69.8 Å². The molecule has 134 valence electrons. The number of benzene rings is 2. The van der Waals surface area contributed by atoms with Crippen molar-refractivity contribution < 1.29 is 9.34 Å². The van der Waals surface area contributed by atoms with Crippen LogP contribution in [0.1, 0.15) is 31.9 Å². The predicted molar refractivity (Wildman–Crippen MR) is 101 cm³/mol. The van der Waals surface area contributed by atoms with E-state index in [4.69, 9.17) is 4.42 Å². The van der Waals surface area contributed by atoms with Crippen LogP contribution in [0.2, 0.25) is 0 Å². The van der Waals surface area contributed by atoms with Crippen molar-refractivity contribution in [2.24, 2.45) is 0 Å². The van der Waals surface area contributed by atoms with Crippen molar-refractivity contribution >= 4 is 17.4 Å². The van der Waals surface area contributed by atoms with E-state index in [0.29, 0.717) is 16.5 Å². The Hall–Kier alpha value is -2.67. The Kier molecular flexibility index (Phi) is 5.08. The summed E-state index contributed by atoms with van der Waals surface area (Å²) in [6, 6.07) is 14.6. The number of nitro groups is 1. The largest absolute Gasteiger partial charge is 0.411 e. The van der Waals surface area contributed by atoms with Crippen LogP contribution in [0.4, 0.5) is 5.69 Å². The number of hydrogen-bond acceptors (Lipinski definition) is 6. The molecule has 2 aromatic carbocycles. The molecule has 3 aromatic rings. The molecule has 0 amide bonds. The third-order valence-corrected chi connectivity index (χ3v) is 4.78. The summed E-state index contributed by atoms with van der Waals surface area (Å²) < 4.78 is 5.62. The van der Waals surface area contributed by atoms with Crippen LogP contribution >= 0.6 is 11.8 Å². The number of hydrogen-bond donors (Lipinski definition) is 0. The lowest BCUT2D eigenvalue weighted by molar-refractivity contribution is -0.384. The lowest BCUT2D eigenvalue weighted by Gasteiger charge is -2.19. The van der Waals surface area contributed by atoms with Crippen LogP contribution in [-0.4, -0.2) is 15.1 Å². The average Bonchev–Trinajstić information content (AvgIpc) is 3.09. The van der Waals surface area contributed by atoms with Gasteiger partial charge in [0.2, 0.25) is 5.89 Å². The van der Waals surface area contributed by atoms with Gasteiger partial charge in [0.25, 0.3) is 10.9 Å². The lowest BCUT2D eigenvalue weighted by atomic mass is 9.87.